The summed E-state index contributed by atoms with van der Waals surface area (Å²) in [7, 11) is 1.92. The molecular weight excluding hydrogens is 184 g/mol. The van der Waals surface area contributed by atoms with E-state index in [4.69, 9.17) is 0 Å². The van der Waals surface area contributed by atoms with Gasteiger partial charge in [0.25, 0.3) is 0 Å². The lowest BCUT2D eigenvalue weighted by atomic mass is 10.1. The average Bonchev–Trinajstić information content (AvgIpc) is 2.26. The first kappa shape index (κ1) is 11.6. The van der Waals surface area contributed by atoms with E-state index in [1.165, 1.54) is 0 Å². The molecule has 0 fully saturated rings. The third-order valence-electron chi connectivity index (χ3n) is 2.25. The number of nitrogens with one attached hydrogen (secondary N) is 2. The lowest BCUT2D eigenvalue weighted by molar-refractivity contribution is 0.618. The first-order chi connectivity index (χ1) is 7.13. The highest BCUT2D eigenvalue weighted by Crippen LogP contribution is 2.13. The van der Waals surface area contributed by atoms with E-state index >= 15 is 0 Å². The van der Waals surface area contributed by atoms with E-state index in [2.05, 4.69) is 55.3 Å². The Bertz CT molecular complexity index is 312. The fourth-order valence-electron chi connectivity index (χ4n) is 1.27. The molecule has 2 N–H and O–H groups in total. The van der Waals surface area contributed by atoms with Gasteiger partial charge in [-0.05, 0) is 23.6 Å². The Labute approximate surface area is 92.4 Å². The molecule has 0 aromatic heterocycles. The first-order valence-electron chi connectivity index (χ1n) is 5.34. The number of benzene rings is 1. The molecular formula is C13H20N2. The van der Waals surface area contributed by atoms with Crippen LogP contribution in [-0.4, -0.2) is 13.6 Å². The van der Waals surface area contributed by atoms with Crippen molar-refractivity contribution in [2.75, 3.05) is 18.9 Å². The van der Waals surface area contributed by atoms with Crippen LogP contribution in [0.3, 0.4) is 0 Å². The van der Waals surface area contributed by atoms with Gasteiger partial charge in [0.2, 0.25) is 0 Å². The molecule has 0 aliphatic carbocycles. The van der Waals surface area contributed by atoms with Crippen LogP contribution >= 0.6 is 0 Å². The van der Waals surface area contributed by atoms with Crippen LogP contribution in [0.25, 0.3) is 5.70 Å². The molecule has 1 aromatic rings. The Kier molecular flexibility index (Phi) is 4.22. The van der Waals surface area contributed by atoms with Gasteiger partial charge in [0.05, 0.1) is 0 Å². The van der Waals surface area contributed by atoms with Crippen LogP contribution in [0, 0.1) is 5.92 Å². The maximum Gasteiger partial charge on any atom is 0.0340 e. The molecule has 0 unspecified atom stereocenters. The topological polar surface area (TPSA) is 24.1 Å². The molecule has 0 saturated carbocycles. The highest BCUT2D eigenvalue weighted by Gasteiger charge is 1.99. The monoisotopic (exact) mass is 204 g/mol. The second kappa shape index (κ2) is 5.44. The zero-order chi connectivity index (χ0) is 11.3. The van der Waals surface area contributed by atoms with E-state index < -0.39 is 0 Å². The molecule has 0 bridgehead atoms. The van der Waals surface area contributed by atoms with Crippen molar-refractivity contribution in [3.05, 3.63) is 36.4 Å². The summed E-state index contributed by atoms with van der Waals surface area (Å²) in [5.74, 6) is 0.637. The molecule has 0 aliphatic heterocycles. The van der Waals surface area contributed by atoms with E-state index in [1.54, 1.807) is 0 Å². The van der Waals surface area contributed by atoms with Crippen molar-refractivity contribution in [2.45, 2.75) is 13.8 Å². The van der Waals surface area contributed by atoms with Crippen LogP contribution in [0.1, 0.15) is 19.4 Å². The molecule has 2 heteroatoms. The second-order valence-corrected chi connectivity index (χ2v) is 4.08. The molecule has 1 aromatic carbocycles. The maximum atomic E-state index is 4.02. The van der Waals surface area contributed by atoms with Gasteiger partial charge in [0, 0.05) is 25.0 Å². The van der Waals surface area contributed by atoms with Crippen molar-refractivity contribution in [3.8, 4) is 0 Å². The largest absolute Gasteiger partial charge is 0.388 e. The van der Waals surface area contributed by atoms with Gasteiger partial charge in [-0.2, -0.15) is 0 Å². The zero-order valence-electron chi connectivity index (χ0n) is 9.80. The molecule has 0 saturated heterocycles. The summed E-state index contributed by atoms with van der Waals surface area (Å²) < 4.78 is 0. The Balaban J connectivity index is 2.58. The predicted octanol–water partition coefficient (Wildman–Crippen LogP) is 2.94. The van der Waals surface area contributed by atoms with Crippen molar-refractivity contribution >= 4 is 11.4 Å². The minimum Gasteiger partial charge on any atom is -0.388 e. The zero-order valence-corrected chi connectivity index (χ0v) is 9.80. The molecule has 0 spiro atoms. The van der Waals surface area contributed by atoms with Gasteiger partial charge in [-0.1, -0.05) is 32.6 Å². The smallest absolute Gasteiger partial charge is 0.0340 e. The fourth-order valence-corrected chi connectivity index (χ4v) is 1.27. The average molecular weight is 204 g/mol. The summed E-state index contributed by atoms with van der Waals surface area (Å²) >= 11 is 0. The van der Waals surface area contributed by atoms with E-state index in [0.717, 1.165) is 23.5 Å². The molecule has 2 nitrogen and oxygen atoms in total. The second-order valence-electron chi connectivity index (χ2n) is 4.08. The van der Waals surface area contributed by atoms with Gasteiger partial charge < -0.3 is 10.6 Å². The summed E-state index contributed by atoms with van der Waals surface area (Å²) in [6.45, 7) is 9.36. The van der Waals surface area contributed by atoms with Gasteiger partial charge >= 0.3 is 0 Å². The normalized spacial score (nSPS) is 10.1. The van der Waals surface area contributed by atoms with Crippen molar-refractivity contribution in [3.63, 3.8) is 0 Å². The summed E-state index contributed by atoms with van der Waals surface area (Å²) in [5, 5.41) is 6.41. The molecule has 0 aliphatic rings. The van der Waals surface area contributed by atoms with Gasteiger partial charge in [0.1, 0.15) is 0 Å². The molecule has 0 radical (unpaired) electrons. The molecule has 0 atom stereocenters. The van der Waals surface area contributed by atoms with Gasteiger partial charge in [-0.15, -0.1) is 0 Å². The highest BCUT2D eigenvalue weighted by molar-refractivity contribution is 5.63. The Morgan fingerprint density at radius 3 is 2.33 bits per heavy atom. The Morgan fingerprint density at radius 2 is 1.87 bits per heavy atom. The number of rotatable bonds is 5. The van der Waals surface area contributed by atoms with Gasteiger partial charge in [-0.3, -0.25) is 0 Å². The quantitative estimate of drug-likeness (QED) is 0.770. The summed E-state index contributed by atoms with van der Waals surface area (Å²) in [6.07, 6.45) is 0. The minimum absolute atomic E-state index is 0.637. The molecule has 82 valence electrons. The van der Waals surface area contributed by atoms with Crippen LogP contribution in [0.2, 0.25) is 0 Å². The lowest BCUT2D eigenvalue weighted by Gasteiger charge is -2.12. The van der Waals surface area contributed by atoms with Crippen LogP contribution in [0.4, 0.5) is 5.69 Å². The third kappa shape index (κ3) is 3.66. The van der Waals surface area contributed by atoms with Crippen LogP contribution in [0.5, 0.6) is 0 Å². The number of hydrogen-bond acceptors (Lipinski definition) is 2. The van der Waals surface area contributed by atoms with Gasteiger partial charge in [-0.25, -0.2) is 0 Å². The van der Waals surface area contributed by atoms with E-state index in [1.807, 2.05) is 7.05 Å². The number of anilines is 1. The van der Waals surface area contributed by atoms with E-state index in [9.17, 15) is 0 Å². The van der Waals surface area contributed by atoms with Crippen molar-refractivity contribution < 1.29 is 0 Å². The maximum absolute atomic E-state index is 4.02. The molecule has 0 heterocycles. The number of hydrogen-bond donors (Lipinski definition) is 2. The Morgan fingerprint density at radius 1 is 1.27 bits per heavy atom. The van der Waals surface area contributed by atoms with Crippen LogP contribution < -0.4 is 10.6 Å². The van der Waals surface area contributed by atoms with Crippen molar-refractivity contribution in [2.24, 2.45) is 5.92 Å². The van der Waals surface area contributed by atoms with E-state index in [0.29, 0.717) is 5.92 Å². The summed E-state index contributed by atoms with van der Waals surface area (Å²) in [6, 6.07) is 8.25. The first-order valence-corrected chi connectivity index (χ1v) is 5.34. The van der Waals surface area contributed by atoms with Gasteiger partial charge in [0.15, 0.2) is 0 Å². The lowest BCUT2D eigenvalue weighted by Crippen LogP contribution is -2.17. The summed E-state index contributed by atoms with van der Waals surface area (Å²) in [4.78, 5) is 0. The minimum atomic E-state index is 0.637. The van der Waals surface area contributed by atoms with Crippen molar-refractivity contribution in [1.29, 1.82) is 0 Å². The highest BCUT2D eigenvalue weighted by atomic mass is 14.9. The van der Waals surface area contributed by atoms with E-state index in [-0.39, 0.29) is 0 Å². The standard InChI is InChI=1S/C13H20N2/c1-10(2)9-15-11(3)12-5-7-13(14-4)8-6-12/h5-8,10,14-15H,3,9H2,1-2,4H3. The van der Waals surface area contributed by atoms with Crippen LogP contribution in [0.15, 0.2) is 30.8 Å². The van der Waals surface area contributed by atoms with Crippen LogP contribution in [-0.2, 0) is 0 Å². The SMILES string of the molecule is C=C(NCC(C)C)c1ccc(NC)cc1. The molecule has 1 rings (SSSR count). The summed E-state index contributed by atoms with van der Waals surface area (Å²) in [5.41, 5.74) is 3.26. The fraction of sp³-hybridized carbons (Fsp3) is 0.385. The predicted molar refractivity (Wildman–Crippen MR) is 67.9 cm³/mol. The Hall–Kier alpha value is -1.44. The third-order valence-corrected chi connectivity index (χ3v) is 2.25. The van der Waals surface area contributed by atoms with Crippen molar-refractivity contribution in [1.82, 2.24) is 5.32 Å². The molecule has 15 heavy (non-hydrogen) atoms. The molecule has 0 amide bonds.